The summed E-state index contributed by atoms with van der Waals surface area (Å²) in [6, 6.07) is 0. The van der Waals surface area contributed by atoms with Gasteiger partial charge in [-0.05, 0) is 0 Å². The van der Waals surface area contributed by atoms with Gasteiger partial charge in [-0.2, -0.15) is 0 Å². The molecule has 2 heteroatoms. The molecule has 0 radical (unpaired) electrons. The monoisotopic (exact) mass is 100.0 g/mol. The molecule has 0 aliphatic rings. The van der Waals surface area contributed by atoms with Gasteiger partial charge in [0.05, 0.1) is 6.58 Å². The molecule has 0 saturated carbocycles. The van der Waals surface area contributed by atoms with Crippen molar-refractivity contribution in [3.05, 3.63) is 18.4 Å². The molecule has 0 amide bonds. The molecule has 0 spiro atoms. The van der Waals surface area contributed by atoms with E-state index in [2.05, 4.69) is 18.4 Å². The molecule has 1 nitrogen and oxygen atoms in total. The van der Waals surface area contributed by atoms with Gasteiger partial charge in [-0.25, -0.2) is 12.0 Å². The normalized spacial score (nSPS) is 6.17. The van der Waals surface area contributed by atoms with Crippen molar-refractivity contribution in [3.63, 3.8) is 0 Å². The third kappa shape index (κ3) is 3.74. The predicted octanol–water partition coefficient (Wildman–Crippen LogP) is 0.994. The first-order valence-electron chi connectivity index (χ1n) is 1.41. The number of hydrogen-bond acceptors (Lipinski definition) is 2. The second-order valence-corrected chi connectivity index (χ2v) is 1.14. The summed E-state index contributed by atoms with van der Waals surface area (Å²) in [7, 11) is 0. The largest absolute Gasteiger partial charge is 0.797 e. The molecule has 0 atom stereocenters. The quantitative estimate of drug-likeness (QED) is 0.293. The van der Waals surface area contributed by atoms with Gasteiger partial charge in [-0.15, -0.1) is 0 Å². The van der Waals surface area contributed by atoms with Crippen LogP contribution in [0.15, 0.2) is 12.3 Å². The lowest BCUT2D eigenvalue weighted by molar-refractivity contribution is 0.621. The molecule has 0 aliphatic carbocycles. The fourth-order valence-corrected chi connectivity index (χ4v) is 0.241. The summed E-state index contributed by atoms with van der Waals surface area (Å²) in [6.07, 6.45) is 2.49. The Labute approximate surface area is 41.6 Å². The van der Waals surface area contributed by atoms with E-state index in [-0.39, 0.29) is 0 Å². The van der Waals surface area contributed by atoms with E-state index < -0.39 is 0 Å². The lowest BCUT2D eigenvalue weighted by atomic mass is 10.7. The SMILES string of the molecule is C=C=[C+]CS[O-]. The maximum atomic E-state index is 9.48. The average Bonchev–Trinajstić information content (AvgIpc) is 1.61. The molecule has 6 heavy (non-hydrogen) atoms. The maximum absolute atomic E-state index is 9.48. The van der Waals surface area contributed by atoms with Crippen molar-refractivity contribution < 1.29 is 4.55 Å². The molecule has 0 aliphatic heterocycles. The van der Waals surface area contributed by atoms with Crippen molar-refractivity contribution in [3.8, 4) is 0 Å². The van der Waals surface area contributed by atoms with Gasteiger partial charge in [0, 0.05) is 0 Å². The van der Waals surface area contributed by atoms with Crippen molar-refractivity contribution in [1.29, 1.82) is 0 Å². The summed E-state index contributed by atoms with van der Waals surface area (Å²) in [5.41, 5.74) is 2.35. The van der Waals surface area contributed by atoms with Crippen LogP contribution in [0.2, 0.25) is 0 Å². The highest BCUT2D eigenvalue weighted by Gasteiger charge is 1.68. The molecule has 0 aromatic heterocycles. The molecule has 0 aromatic carbocycles. The Morgan fingerprint density at radius 3 is 2.83 bits per heavy atom. The Morgan fingerprint density at radius 2 is 2.67 bits per heavy atom. The molecular formula is C4H4OS. The zero-order valence-corrected chi connectivity index (χ0v) is 4.05. The molecule has 0 rings (SSSR count). The van der Waals surface area contributed by atoms with Crippen LogP contribution in [0.3, 0.4) is 0 Å². The molecule has 0 fully saturated rings. The van der Waals surface area contributed by atoms with Crippen molar-refractivity contribution in [1.82, 2.24) is 0 Å². The van der Waals surface area contributed by atoms with Gasteiger partial charge in [-0.3, -0.25) is 0 Å². The third-order valence-corrected chi connectivity index (χ3v) is 0.518. The fourth-order valence-electron chi connectivity index (χ4n) is 0.0805. The predicted molar refractivity (Wildman–Crippen MR) is 25.6 cm³/mol. The molecule has 0 bridgehead atoms. The topological polar surface area (TPSA) is 23.1 Å². The molecular weight excluding hydrogens is 96.1 g/mol. The molecule has 0 saturated heterocycles. The number of rotatable bonds is 2. The van der Waals surface area contributed by atoms with Crippen LogP contribution in [0.25, 0.3) is 0 Å². The van der Waals surface area contributed by atoms with E-state index in [1.807, 2.05) is 0 Å². The molecule has 0 unspecified atom stereocenters. The highest BCUT2D eigenvalue weighted by Crippen LogP contribution is 1.85. The Kier molecular flexibility index (Phi) is 4.53. The Bertz CT molecular complexity index is 63.9. The third-order valence-electron chi connectivity index (χ3n) is 0.256. The van der Waals surface area contributed by atoms with E-state index in [4.69, 9.17) is 0 Å². The van der Waals surface area contributed by atoms with E-state index >= 15 is 0 Å². The summed E-state index contributed by atoms with van der Waals surface area (Å²) in [6.45, 7) is 3.21. The molecule has 0 aromatic rings. The first kappa shape index (κ1) is 5.74. The van der Waals surface area contributed by atoms with Crippen LogP contribution in [0.5, 0.6) is 0 Å². The first-order chi connectivity index (χ1) is 2.91. The van der Waals surface area contributed by atoms with Crippen molar-refractivity contribution in [2.45, 2.75) is 0 Å². The minimum absolute atomic E-state index is 0.351. The van der Waals surface area contributed by atoms with E-state index in [9.17, 15) is 4.55 Å². The molecule has 0 heterocycles. The van der Waals surface area contributed by atoms with Gasteiger partial charge in [0.25, 0.3) is 0 Å². The Balaban J connectivity index is 2.86. The van der Waals surface area contributed by atoms with Crippen molar-refractivity contribution in [2.24, 2.45) is 0 Å². The van der Waals surface area contributed by atoms with Crippen molar-refractivity contribution >= 4 is 12.0 Å². The van der Waals surface area contributed by atoms with Crippen LogP contribution >= 0.6 is 12.0 Å². The fraction of sp³-hybridized carbons (Fsp3) is 0.250. The Hall–Kier alpha value is -0.260. The van der Waals surface area contributed by atoms with Crippen LogP contribution in [0.1, 0.15) is 0 Å². The summed E-state index contributed by atoms with van der Waals surface area (Å²) in [5, 5.41) is 0. The standard InChI is InChI=1S/C4H4OS/c1-2-3-4-6-5/h1,4H2. The van der Waals surface area contributed by atoms with E-state index in [0.717, 1.165) is 0 Å². The lowest BCUT2D eigenvalue weighted by Gasteiger charge is -1.87. The van der Waals surface area contributed by atoms with Gasteiger partial charge < -0.3 is 4.55 Å². The van der Waals surface area contributed by atoms with Gasteiger partial charge >= 0.3 is 0 Å². The minimum Gasteiger partial charge on any atom is -0.797 e. The average molecular weight is 100 g/mol. The van der Waals surface area contributed by atoms with Gasteiger partial charge in [-0.1, -0.05) is 0 Å². The van der Waals surface area contributed by atoms with Gasteiger partial charge in [0.1, 0.15) is 17.6 Å². The van der Waals surface area contributed by atoms with Gasteiger partial charge in [0.2, 0.25) is 0 Å². The summed E-state index contributed by atoms with van der Waals surface area (Å²) >= 11 is 0.463. The van der Waals surface area contributed by atoms with Crippen LogP contribution < -0.4 is 0 Å². The molecule has 32 valence electrons. The van der Waals surface area contributed by atoms with Crippen molar-refractivity contribution in [2.75, 3.05) is 5.75 Å². The lowest BCUT2D eigenvalue weighted by Crippen LogP contribution is -1.61. The van der Waals surface area contributed by atoms with Crippen LogP contribution in [0.4, 0.5) is 0 Å². The van der Waals surface area contributed by atoms with Gasteiger partial charge in [0.15, 0.2) is 0 Å². The highest BCUT2D eigenvalue weighted by atomic mass is 32.2. The number of hydrogen-bond donors (Lipinski definition) is 0. The zero-order chi connectivity index (χ0) is 4.83. The van der Waals surface area contributed by atoms with Crippen LogP contribution in [-0.2, 0) is 0 Å². The summed E-state index contributed by atoms with van der Waals surface area (Å²) < 4.78 is 9.48. The summed E-state index contributed by atoms with van der Waals surface area (Å²) in [5.74, 6) is 0.351. The highest BCUT2D eigenvalue weighted by molar-refractivity contribution is 7.93. The first-order valence-corrected chi connectivity index (χ1v) is 2.32. The smallest absolute Gasteiger partial charge is 0.136 e. The maximum Gasteiger partial charge on any atom is 0.136 e. The van der Waals surface area contributed by atoms with E-state index in [0.29, 0.717) is 17.8 Å². The van der Waals surface area contributed by atoms with E-state index in [1.165, 1.54) is 0 Å². The Morgan fingerprint density at radius 1 is 2.00 bits per heavy atom. The van der Waals surface area contributed by atoms with E-state index in [1.54, 1.807) is 0 Å². The zero-order valence-electron chi connectivity index (χ0n) is 3.23. The summed E-state index contributed by atoms with van der Waals surface area (Å²) in [4.78, 5) is 0. The van der Waals surface area contributed by atoms with Crippen LogP contribution in [-0.4, -0.2) is 10.3 Å². The molecule has 0 N–H and O–H groups in total. The second-order valence-electron chi connectivity index (χ2n) is 0.616. The minimum atomic E-state index is 0.351. The second kappa shape index (κ2) is 4.74. The van der Waals surface area contributed by atoms with Crippen LogP contribution in [0, 0.1) is 6.08 Å².